The molecule has 1 aromatic rings. The maximum absolute atomic E-state index is 12.5. The van der Waals surface area contributed by atoms with Gasteiger partial charge in [-0.25, -0.2) is 4.79 Å². The Labute approximate surface area is 173 Å². The summed E-state index contributed by atoms with van der Waals surface area (Å²) in [6, 6.07) is -0.946. The van der Waals surface area contributed by atoms with Gasteiger partial charge in [0.2, 0.25) is 5.91 Å². The Hall–Kier alpha value is -3.42. The molecular weight excluding hydrogens is 422 g/mol. The number of nitrogens with one attached hydrogen (secondary N) is 1. The minimum atomic E-state index is -1.33. The van der Waals surface area contributed by atoms with Crippen LogP contribution in [0.5, 0.6) is 0 Å². The van der Waals surface area contributed by atoms with Gasteiger partial charge in [-0.3, -0.25) is 34.1 Å². The van der Waals surface area contributed by atoms with Gasteiger partial charge in [0.25, 0.3) is 5.91 Å². The average Bonchev–Trinajstić information content (AvgIpc) is 3.03. The standard InChI is InChI=1S/C16H17N5O8S/c1-7-10(21(27)28)3-17-19(7)4-11(23)18-12-14(24)20-13(16(25)26)9(5-29-8(2)22)6-30-15(12)20/h3,12,15H,4-6H2,1-2H3,(H,18,23)(H,25,26)/t12-,15-/m1/s1. The number of β-lactam (4-membered cyclic amide) rings is 1. The predicted octanol–water partition coefficient (Wildman–Crippen LogP) is -0.599. The topological polar surface area (TPSA) is 174 Å². The fourth-order valence-electron chi connectivity index (χ4n) is 3.11. The molecule has 0 saturated carbocycles. The molecule has 0 aromatic carbocycles. The number of fused-ring (bicyclic) bond motifs is 1. The Morgan fingerprint density at radius 1 is 1.47 bits per heavy atom. The van der Waals surface area contributed by atoms with Gasteiger partial charge >= 0.3 is 17.6 Å². The van der Waals surface area contributed by atoms with E-state index in [2.05, 4.69) is 10.4 Å². The number of carbonyl (C=O) groups is 4. The number of esters is 1. The number of rotatable bonds is 7. The highest BCUT2D eigenvalue weighted by atomic mass is 32.2. The minimum absolute atomic E-state index is 0.190. The largest absolute Gasteiger partial charge is 0.477 e. The Balaban J connectivity index is 1.69. The van der Waals surface area contributed by atoms with Crippen molar-refractivity contribution in [3.63, 3.8) is 0 Å². The monoisotopic (exact) mass is 439 g/mol. The first-order chi connectivity index (χ1) is 14.1. The third-order valence-corrected chi connectivity index (χ3v) is 5.92. The van der Waals surface area contributed by atoms with Crippen molar-refractivity contribution in [1.82, 2.24) is 20.0 Å². The summed E-state index contributed by atoms with van der Waals surface area (Å²) in [6.45, 7) is 2.06. The van der Waals surface area contributed by atoms with Gasteiger partial charge in [0.15, 0.2) is 0 Å². The number of carboxylic acid groups (broad SMARTS) is 1. The van der Waals surface area contributed by atoms with Crippen LogP contribution in [0, 0.1) is 17.0 Å². The van der Waals surface area contributed by atoms with Crippen molar-refractivity contribution in [2.24, 2.45) is 0 Å². The highest BCUT2D eigenvalue weighted by Gasteiger charge is 2.54. The molecule has 2 aliphatic rings. The van der Waals surface area contributed by atoms with Crippen LogP contribution in [-0.2, 0) is 30.5 Å². The molecule has 1 aromatic heterocycles. The van der Waals surface area contributed by atoms with Gasteiger partial charge < -0.3 is 15.2 Å². The van der Waals surface area contributed by atoms with E-state index >= 15 is 0 Å². The Kier molecular flexibility index (Phi) is 5.78. The first-order valence-corrected chi connectivity index (χ1v) is 9.66. The lowest BCUT2D eigenvalue weighted by molar-refractivity contribution is -0.385. The van der Waals surface area contributed by atoms with Crippen LogP contribution in [0.2, 0.25) is 0 Å². The summed E-state index contributed by atoms with van der Waals surface area (Å²) < 4.78 is 5.99. The van der Waals surface area contributed by atoms with Crippen molar-refractivity contribution in [2.75, 3.05) is 12.4 Å². The van der Waals surface area contributed by atoms with Crippen LogP contribution in [0.25, 0.3) is 0 Å². The van der Waals surface area contributed by atoms with E-state index in [4.69, 9.17) is 4.74 Å². The van der Waals surface area contributed by atoms with Crippen LogP contribution in [0.3, 0.4) is 0 Å². The summed E-state index contributed by atoms with van der Waals surface area (Å²) in [5, 5.41) is 26.1. The average molecular weight is 439 g/mol. The zero-order valence-electron chi connectivity index (χ0n) is 15.9. The lowest BCUT2D eigenvalue weighted by atomic mass is 10.0. The van der Waals surface area contributed by atoms with Crippen LogP contribution in [0.15, 0.2) is 17.5 Å². The minimum Gasteiger partial charge on any atom is -0.477 e. The van der Waals surface area contributed by atoms with Crippen molar-refractivity contribution in [3.05, 3.63) is 33.3 Å². The normalized spacial score (nSPS) is 20.3. The first-order valence-electron chi connectivity index (χ1n) is 8.61. The van der Waals surface area contributed by atoms with Crippen molar-refractivity contribution in [2.45, 2.75) is 31.8 Å². The van der Waals surface area contributed by atoms with Gasteiger partial charge in [0.1, 0.15) is 42.2 Å². The molecule has 2 atom stereocenters. The van der Waals surface area contributed by atoms with E-state index in [-0.39, 0.29) is 41.6 Å². The zero-order valence-corrected chi connectivity index (χ0v) is 16.7. The van der Waals surface area contributed by atoms with E-state index in [0.717, 1.165) is 15.8 Å². The van der Waals surface area contributed by atoms with Gasteiger partial charge in [0.05, 0.1) is 4.92 Å². The molecule has 3 heterocycles. The van der Waals surface area contributed by atoms with Crippen LogP contribution in [0.4, 0.5) is 5.69 Å². The van der Waals surface area contributed by atoms with Crippen LogP contribution < -0.4 is 5.32 Å². The number of aliphatic carboxylic acids is 1. The van der Waals surface area contributed by atoms with E-state index in [1.54, 1.807) is 0 Å². The maximum atomic E-state index is 12.5. The molecule has 2 N–H and O–H groups in total. The Bertz CT molecular complexity index is 986. The molecule has 1 saturated heterocycles. The third-order valence-electron chi connectivity index (χ3n) is 4.58. The van der Waals surface area contributed by atoms with Crippen LogP contribution >= 0.6 is 11.8 Å². The fraction of sp³-hybridized carbons (Fsp3) is 0.438. The summed E-state index contributed by atoms with van der Waals surface area (Å²) >= 11 is 1.23. The number of thioether (sulfide) groups is 1. The van der Waals surface area contributed by atoms with Gasteiger partial charge in [-0.1, -0.05) is 0 Å². The molecule has 3 rings (SSSR count). The second-order valence-electron chi connectivity index (χ2n) is 6.52. The number of carbonyl (C=O) groups excluding carboxylic acids is 3. The number of carboxylic acids is 1. The Morgan fingerprint density at radius 3 is 2.73 bits per heavy atom. The predicted molar refractivity (Wildman–Crippen MR) is 99.9 cm³/mol. The molecule has 14 heteroatoms. The number of nitrogens with zero attached hydrogens (tertiary/aromatic N) is 4. The third kappa shape index (κ3) is 3.85. The number of aromatic nitrogens is 2. The number of hydrogen-bond donors (Lipinski definition) is 2. The summed E-state index contributed by atoms with van der Waals surface area (Å²) in [5.74, 6) is -2.91. The van der Waals surface area contributed by atoms with E-state index in [9.17, 15) is 34.4 Å². The van der Waals surface area contributed by atoms with Crippen LogP contribution in [-0.4, -0.2) is 72.2 Å². The van der Waals surface area contributed by atoms with Gasteiger partial charge in [-0.05, 0) is 6.92 Å². The Morgan fingerprint density at radius 2 is 2.17 bits per heavy atom. The number of hydrogen-bond acceptors (Lipinski definition) is 9. The van der Waals surface area contributed by atoms with Crippen molar-refractivity contribution >= 4 is 41.2 Å². The molecule has 0 aliphatic carbocycles. The summed E-state index contributed by atoms with van der Waals surface area (Å²) in [7, 11) is 0. The molecule has 2 aliphatic heterocycles. The molecule has 1 fully saturated rings. The number of nitro groups is 1. The molecule has 30 heavy (non-hydrogen) atoms. The van der Waals surface area contributed by atoms with E-state index in [0.29, 0.717) is 0 Å². The maximum Gasteiger partial charge on any atom is 0.352 e. The summed E-state index contributed by atoms with van der Waals surface area (Å²) in [4.78, 5) is 58.8. The first kappa shape index (κ1) is 21.3. The highest BCUT2D eigenvalue weighted by molar-refractivity contribution is 8.00. The number of amides is 2. The second-order valence-corrected chi connectivity index (χ2v) is 7.63. The van der Waals surface area contributed by atoms with Crippen molar-refractivity contribution in [3.8, 4) is 0 Å². The lowest BCUT2D eigenvalue weighted by Crippen LogP contribution is -2.70. The quantitative estimate of drug-likeness (QED) is 0.242. The molecule has 0 unspecified atom stereocenters. The highest BCUT2D eigenvalue weighted by Crippen LogP contribution is 2.40. The van der Waals surface area contributed by atoms with E-state index < -0.39 is 40.1 Å². The molecule has 0 radical (unpaired) electrons. The van der Waals surface area contributed by atoms with Gasteiger partial charge in [-0.2, -0.15) is 5.10 Å². The molecular formula is C16H17N5O8S. The van der Waals surface area contributed by atoms with Gasteiger partial charge in [-0.15, -0.1) is 11.8 Å². The molecule has 0 spiro atoms. The van der Waals surface area contributed by atoms with Gasteiger partial charge in [0, 0.05) is 18.2 Å². The van der Waals surface area contributed by atoms with Crippen molar-refractivity contribution < 1.29 is 33.9 Å². The molecule has 0 bridgehead atoms. The van der Waals surface area contributed by atoms with E-state index in [1.807, 2.05) is 0 Å². The van der Waals surface area contributed by atoms with E-state index in [1.165, 1.54) is 25.6 Å². The molecule has 2 amide bonds. The summed E-state index contributed by atoms with van der Waals surface area (Å²) in [5.41, 5.74) is -0.00589. The summed E-state index contributed by atoms with van der Waals surface area (Å²) in [6.07, 6.45) is 1.03. The fourth-order valence-corrected chi connectivity index (χ4v) is 4.44. The van der Waals surface area contributed by atoms with Crippen LogP contribution in [0.1, 0.15) is 12.6 Å². The lowest BCUT2D eigenvalue weighted by Gasteiger charge is -2.49. The smallest absolute Gasteiger partial charge is 0.352 e. The number of ether oxygens (including phenoxy) is 1. The van der Waals surface area contributed by atoms with Crippen molar-refractivity contribution in [1.29, 1.82) is 0 Å². The second kappa shape index (κ2) is 8.14. The molecule has 13 nitrogen and oxygen atoms in total. The zero-order chi connectivity index (χ0) is 22.2. The molecule has 160 valence electrons. The SMILES string of the molecule is CC(=O)OCC1=C(C(=O)O)N2C(=O)[C@@H](NC(=O)Cn3ncc([N+](=O)[O-])c3C)[C@H]2SC1.